The highest BCUT2D eigenvalue weighted by Gasteiger charge is 2.23. The number of hydrogen-bond acceptors (Lipinski definition) is 7. The molecule has 112 valence electrons. The van der Waals surface area contributed by atoms with Gasteiger partial charge in [-0.25, -0.2) is 0 Å². The fourth-order valence-electron chi connectivity index (χ4n) is 1.99. The van der Waals surface area contributed by atoms with E-state index < -0.39 is 4.92 Å². The molecule has 0 aliphatic carbocycles. The van der Waals surface area contributed by atoms with Gasteiger partial charge in [0.05, 0.1) is 16.2 Å². The van der Waals surface area contributed by atoms with Gasteiger partial charge in [0.25, 0.3) is 11.6 Å². The lowest BCUT2D eigenvalue weighted by Crippen LogP contribution is -2.10. The van der Waals surface area contributed by atoms with E-state index in [9.17, 15) is 10.1 Å². The van der Waals surface area contributed by atoms with Gasteiger partial charge in [-0.3, -0.25) is 10.1 Å². The number of rotatable bonds is 5. The van der Waals surface area contributed by atoms with Crippen LogP contribution in [0.3, 0.4) is 0 Å². The van der Waals surface area contributed by atoms with Crippen LogP contribution in [0.15, 0.2) is 22.7 Å². The Labute approximate surface area is 121 Å². The second-order valence-corrected chi connectivity index (χ2v) is 4.89. The number of benzene rings is 1. The minimum atomic E-state index is -0.515. The summed E-state index contributed by atoms with van der Waals surface area (Å²) >= 11 is 0. The molecule has 0 aliphatic heterocycles. The molecule has 2 aromatic rings. The van der Waals surface area contributed by atoms with Crippen LogP contribution in [0.25, 0.3) is 11.5 Å². The fourth-order valence-corrected chi connectivity index (χ4v) is 1.99. The Hall–Kier alpha value is -2.48. The van der Waals surface area contributed by atoms with E-state index in [-0.39, 0.29) is 29.3 Å². The third kappa shape index (κ3) is 3.00. The molecule has 0 amide bonds. The highest BCUT2D eigenvalue weighted by Crippen LogP contribution is 2.30. The second-order valence-electron chi connectivity index (χ2n) is 4.89. The molecule has 0 fully saturated rings. The normalized spacial score (nSPS) is 12.6. The predicted octanol–water partition coefficient (Wildman–Crippen LogP) is 2.57. The first-order chi connectivity index (χ1) is 9.93. The number of aromatic nitrogens is 2. The average Bonchev–Trinajstić information content (AvgIpc) is 2.88. The minimum absolute atomic E-state index is 0.0899. The number of hydrogen-bond donors (Lipinski definition) is 1. The van der Waals surface area contributed by atoms with Crippen LogP contribution in [0.5, 0.6) is 0 Å². The van der Waals surface area contributed by atoms with E-state index in [0.29, 0.717) is 11.4 Å². The van der Waals surface area contributed by atoms with Crippen LogP contribution in [0.2, 0.25) is 0 Å². The van der Waals surface area contributed by atoms with Crippen molar-refractivity contribution in [3.8, 4) is 11.5 Å². The molecule has 0 saturated heterocycles. The summed E-state index contributed by atoms with van der Waals surface area (Å²) in [5, 5.41) is 14.6. The first-order valence-corrected chi connectivity index (χ1v) is 6.34. The first kappa shape index (κ1) is 14.9. The van der Waals surface area contributed by atoms with E-state index in [0.717, 1.165) is 0 Å². The largest absolute Gasteiger partial charge is 0.398 e. The topological polar surface area (TPSA) is 117 Å². The Kier molecular flexibility index (Phi) is 4.18. The molecule has 1 aromatic heterocycles. The highest BCUT2D eigenvalue weighted by atomic mass is 16.6. The molecule has 8 heteroatoms. The maximum atomic E-state index is 10.7. The average molecular weight is 292 g/mol. The van der Waals surface area contributed by atoms with Crippen molar-refractivity contribution >= 4 is 11.4 Å². The molecule has 8 nitrogen and oxygen atoms in total. The number of nitro groups is 1. The van der Waals surface area contributed by atoms with Crippen molar-refractivity contribution in [2.45, 2.75) is 20.0 Å². The minimum Gasteiger partial charge on any atom is -0.398 e. The van der Waals surface area contributed by atoms with E-state index in [1.165, 1.54) is 18.2 Å². The van der Waals surface area contributed by atoms with Crippen molar-refractivity contribution in [2.24, 2.45) is 5.92 Å². The number of methoxy groups -OCH3 is 1. The first-order valence-electron chi connectivity index (χ1n) is 6.34. The van der Waals surface area contributed by atoms with Crippen molar-refractivity contribution in [3.05, 3.63) is 34.1 Å². The van der Waals surface area contributed by atoms with Gasteiger partial charge < -0.3 is 15.0 Å². The molecule has 0 saturated carbocycles. The quantitative estimate of drug-likeness (QED) is 0.511. The summed E-state index contributed by atoms with van der Waals surface area (Å²) in [4.78, 5) is 14.4. The van der Waals surface area contributed by atoms with Gasteiger partial charge in [-0.15, -0.1) is 0 Å². The molecule has 0 aliphatic rings. The molecule has 1 unspecified atom stereocenters. The smallest absolute Gasteiger partial charge is 0.271 e. The lowest BCUT2D eigenvalue weighted by atomic mass is 10.1. The Morgan fingerprint density at radius 2 is 2.14 bits per heavy atom. The van der Waals surface area contributed by atoms with Crippen molar-refractivity contribution < 1.29 is 14.2 Å². The van der Waals surface area contributed by atoms with Gasteiger partial charge in [-0.05, 0) is 12.0 Å². The van der Waals surface area contributed by atoms with Crippen LogP contribution in [0.1, 0.15) is 25.8 Å². The van der Waals surface area contributed by atoms with E-state index in [4.69, 9.17) is 15.0 Å². The van der Waals surface area contributed by atoms with Crippen molar-refractivity contribution in [1.82, 2.24) is 10.1 Å². The number of nitrogen functional groups attached to an aromatic ring is 1. The summed E-state index contributed by atoms with van der Waals surface area (Å²) in [6.45, 7) is 3.95. The number of nitrogens with two attached hydrogens (primary N) is 1. The molecule has 1 heterocycles. The fraction of sp³-hybridized carbons (Fsp3) is 0.385. The van der Waals surface area contributed by atoms with Gasteiger partial charge in [-0.1, -0.05) is 19.0 Å². The number of anilines is 1. The van der Waals surface area contributed by atoms with Gasteiger partial charge in [0, 0.05) is 19.2 Å². The molecule has 0 spiro atoms. The zero-order chi connectivity index (χ0) is 15.6. The molecule has 1 atom stereocenters. The monoisotopic (exact) mass is 292 g/mol. The number of nitrogens with zero attached hydrogens (tertiary/aromatic N) is 3. The molecular weight excluding hydrogens is 276 g/mol. The lowest BCUT2D eigenvalue weighted by Gasteiger charge is -2.14. The maximum Gasteiger partial charge on any atom is 0.271 e. The zero-order valence-electron chi connectivity index (χ0n) is 11.9. The Morgan fingerprint density at radius 3 is 2.67 bits per heavy atom. The van der Waals surface area contributed by atoms with Gasteiger partial charge in [0.2, 0.25) is 5.82 Å². The Morgan fingerprint density at radius 1 is 1.43 bits per heavy atom. The van der Waals surface area contributed by atoms with E-state index >= 15 is 0 Å². The Bertz CT molecular complexity index is 653. The summed E-state index contributed by atoms with van der Waals surface area (Å²) in [6, 6.07) is 4.09. The van der Waals surface area contributed by atoms with Crippen molar-refractivity contribution in [3.63, 3.8) is 0 Å². The van der Waals surface area contributed by atoms with Crippen LogP contribution in [0, 0.1) is 16.0 Å². The SMILES string of the molecule is COC(c1noc(-c2ccc([N+](=O)[O-])cc2N)n1)C(C)C. The standard InChI is InChI=1S/C13H16N4O4/c1-7(2)11(20-3)12-15-13(21-16-12)9-5-4-8(17(18)19)6-10(9)14/h4-7,11H,14H2,1-3H3. The molecule has 0 bridgehead atoms. The van der Waals surface area contributed by atoms with Gasteiger partial charge >= 0.3 is 0 Å². The van der Waals surface area contributed by atoms with Gasteiger partial charge in [-0.2, -0.15) is 4.98 Å². The lowest BCUT2D eigenvalue weighted by molar-refractivity contribution is -0.384. The predicted molar refractivity (Wildman–Crippen MR) is 75.4 cm³/mol. The summed E-state index contributed by atoms with van der Waals surface area (Å²) in [6.07, 6.45) is -0.290. The van der Waals surface area contributed by atoms with Gasteiger partial charge in [0.1, 0.15) is 6.10 Å². The van der Waals surface area contributed by atoms with E-state index in [2.05, 4.69) is 10.1 Å². The molecule has 0 radical (unpaired) electrons. The van der Waals surface area contributed by atoms with E-state index in [1.54, 1.807) is 7.11 Å². The van der Waals surface area contributed by atoms with Crippen molar-refractivity contribution in [2.75, 3.05) is 12.8 Å². The number of nitro benzene ring substituents is 1. The zero-order valence-corrected chi connectivity index (χ0v) is 11.9. The number of non-ortho nitro benzene ring substituents is 1. The van der Waals surface area contributed by atoms with Crippen molar-refractivity contribution in [1.29, 1.82) is 0 Å². The van der Waals surface area contributed by atoms with E-state index in [1.807, 2.05) is 13.8 Å². The van der Waals surface area contributed by atoms with Crippen LogP contribution in [0.4, 0.5) is 11.4 Å². The maximum absolute atomic E-state index is 10.7. The number of ether oxygens (including phenoxy) is 1. The summed E-state index contributed by atoms with van der Waals surface area (Å²) < 4.78 is 10.5. The molecule has 21 heavy (non-hydrogen) atoms. The van der Waals surface area contributed by atoms with Gasteiger partial charge in [0.15, 0.2) is 0 Å². The molecule has 1 aromatic carbocycles. The summed E-state index contributed by atoms with van der Waals surface area (Å²) in [5.41, 5.74) is 6.38. The highest BCUT2D eigenvalue weighted by molar-refractivity contribution is 5.72. The Balaban J connectivity index is 2.35. The molecule has 2 N–H and O–H groups in total. The molecule has 2 rings (SSSR count). The van der Waals surface area contributed by atoms with Crippen LogP contribution in [-0.4, -0.2) is 22.2 Å². The summed E-state index contributed by atoms with van der Waals surface area (Å²) in [5.74, 6) is 0.801. The third-order valence-corrected chi connectivity index (χ3v) is 3.03. The van der Waals surface area contributed by atoms with Crippen LogP contribution < -0.4 is 5.73 Å². The third-order valence-electron chi connectivity index (χ3n) is 3.03. The molecular formula is C13H16N4O4. The van der Waals surface area contributed by atoms with Crippen LogP contribution >= 0.6 is 0 Å². The second kappa shape index (κ2) is 5.88. The summed E-state index contributed by atoms with van der Waals surface area (Å²) in [7, 11) is 1.57. The van der Waals surface area contributed by atoms with Crippen LogP contribution in [-0.2, 0) is 4.74 Å².